The molecule has 320 valence electrons. The standard InChI is InChI=1S/C28H30N4O3.C20H21BrN4O2/c1-20(33)22-3-2-4-23(15-22)26-17-30-32-18-24(16-29-27(26)32)21-5-7-25(8-6-21)35-28(9-10-28)19-31-11-13-34-14-12-31;21-18-12-23-25-13-16(11-22-19(18)25)15-1-3-17(4-2-15)27-20(5-6-20)14-24-7-9-26-10-8-24/h2-8,15-18,20,33H,9-14,19H2,1H3;1-4,11-13H,5-10,14H2. The Kier molecular flexibility index (Phi) is 11.5. The number of rotatable bonds is 12. The summed E-state index contributed by atoms with van der Waals surface area (Å²) in [5.41, 5.74) is 8.54. The Labute approximate surface area is 369 Å². The molecule has 11 rings (SSSR count). The van der Waals surface area contributed by atoms with Crippen LogP contribution in [0.3, 0.4) is 0 Å². The SMILES string of the molecule is Brc1cnn2cc(-c3ccc(OC4(CN5CCOCC5)CC4)cc3)cnc12.CC(O)c1cccc(-c2cnn3cc(-c4ccc(OC5(CN6CCOCC6)CC5)cc4)cnc23)c1. The zero-order valence-corrected chi connectivity index (χ0v) is 36.5. The van der Waals surface area contributed by atoms with Gasteiger partial charge < -0.3 is 24.1 Å². The molecule has 6 heterocycles. The lowest BCUT2D eigenvalue weighted by Crippen LogP contribution is -2.43. The molecule has 13 nitrogen and oxygen atoms in total. The zero-order chi connectivity index (χ0) is 42.1. The predicted molar refractivity (Wildman–Crippen MR) is 240 cm³/mol. The van der Waals surface area contributed by atoms with Gasteiger partial charge in [-0.2, -0.15) is 10.2 Å². The van der Waals surface area contributed by atoms with Crippen molar-refractivity contribution in [3.63, 3.8) is 0 Å². The van der Waals surface area contributed by atoms with E-state index < -0.39 is 6.10 Å². The van der Waals surface area contributed by atoms with E-state index in [1.54, 1.807) is 17.6 Å². The number of fused-ring (bicyclic) bond motifs is 2. The maximum atomic E-state index is 9.93. The van der Waals surface area contributed by atoms with E-state index in [1.807, 2.05) is 59.8 Å². The van der Waals surface area contributed by atoms with Crippen molar-refractivity contribution in [1.82, 2.24) is 39.0 Å². The van der Waals surface area contributed by atoms with Gasteiger partial charge in [-0.3, -0.25) is 9.80 Å². The summed E-state index contributed by atoms with van der Waals surface area (Å²) in [5, 5.41) is 18.8. The number of aromatic nitrogens is 6. The normalized spacial score (nSPS) is 18.8. The highest BCUT2D eigenvalue weighted by molar-refractivity contribution is 9.10. The van der Waals surface area contributed by atoms with Gasteiger partial charge in [-0.05, 0) is 101 Å². The van der Waals surface area contributed by atoms with Crippen molar-refractivity contribution >= 4 is 27.2 Å². The molecule has 2 aliphatic carbocycles. The maximum absolute atomic E-state index is 9.93. The second-order valence-electron chi connectivity index (χ2n) is 17.0. The molecule has 14 heteroatoms. The number of benzene rings is 3. The molecule has 4 aliphatic rings. The molecule has 0 spiro atoms. The average Bonchev–Trinajstić information content (AvgIpc) is 4.16. The summed E-state index contributed by atoms with van der Waals surface area (Å²) in [6, 6.07) is 24.4. The Morgan fingerprint density at radius 1 is 0.629 bits per heavy atom. The Bertz CT molecular complexity index is 2630. The van der Waals surface area contributed by atoms with Gasteiger partial charge in [-0.25, -0.2) is 19.0 Å². The summed E-state index contributed by atoms with van der Waals surface area (Å²) >= 11 is 3.45. The van der Waals surface area contributed by atoms with Crippen molar-refractivity contribution in [2.45, 2.75) is 49.9 Å². The van der Waals surface area contributed by atoms with Crippen LogP contribution in [0.1, 0.15) is 44.3 Å². The van der Waals surface area contributed by atoms with Crippen LogP contribution in [0, 0.1) is 0 Å². The highest BCUT2D eigenvalue weighted by Crippen LogP contribution is 2.43. The van der Waals surface area contributed by atoms with Gasteiger partial charge in [-0.1, -0.05) is 42.5 Å². The number of aliphatic hydroxyl groups is 1. The highest BCUT2D eigenvalue weighted by Gasteiger charge is 2.47. The van der Waals surface area contributed by atoms with Crippen LogP contribution >= 0.6 is 15.9 Å². The van der Waals surface area contributed by atoms with E-state index >= 15 is 0 Å². The first-order chi connectivity index (χ1) is 30.3. The van der Waals surface area contributed by atoms with Gasteiger partial charge in [-0.15, -0.1) is 0 Å². The summed E-state index contributed by atoms with van der Waals surface area (Å²) in [5.74, 6) is 1.84. The second-order valence-corrected chi connectivity index (χ2v) is 17.8. The maximum Gasteiger partial charge on any atom is 0.169 e. The highest BCUT2D eigenvalue weighted by atomic mass is 79.9. The molecule has 3 aromatic carbocycles. The third kappa shape index (κ3) is 9.26. The molecule has 7 aromatic rings. The molecule has 0 amide bonds. The van der Waals surface area contributed by atoms with Crippen molar-refractivity contribution < 1.29 is 24.1 Å². The molecular formula is C48H51BrN8O5. The zero-order valence-electron chi connectivity index (χ0n) is 34.9. The van der Waals surface area contributed by atoms with Crippen molar-refractivity contribution in [2.24, 2.45) is 0 Å². The van der Waals surface area contributed by atoms with Crippen LogP contribution in [0.15, 0.2) is 114 Å². The minimum Gasteiger partial charge on any atom is -0.486 e. The topological polar surface area (TPSA) is 124 Å². The summed E-state index contributed by atoms with van der Waals surface area (Å²) in [6.45, 7) is 11.0. The van der Waals surface area contributed by atoms with E-state index in [2.05, 4.69) is 89.4 Å². The molecule has 1 N–H and O–H groups in total. The van der Waals surface area contributed by atoms with Crippen LogP contribution in [-0.2, 0) is 9.47 Å². The fourth-order valence-electron chi connectivity index (χ4n) is 8.32. The fourth-order valence-corrected chi connectivity index (χ4v) is 8.69. The van der Waals surface area contributed by atoms with Crippen LogP contribution in [0.2, 0.25) is 0 Å². The first kappa shape index (κ1) is 40.8. The Morgan fingerprint density at radius 2 is 1.13 bits per heavy atom. The number of ether oxygens (including phenoxy) is 4. The average molecular weight is 900 g/mol. The molecule has 4 aromatic heterocycles. The summed E-state index contributed by atoms with van der Waals surface area (Å²) < 4.78 is 28.2. The van der Waals surface area contributed by atoms with Crippen LogP contribution in [-0.4, -0.2) is 121 Å². The minimum absolute atomic E-state index is 0.0132. The van der Waals surface area contributed by atoms with Crippen LogP contribution in [0.4, 0.5) is 0 Å². The van der Waals surface area contributed by atoms with Crippen molar-refractivity contribution in [2.75, 3.05) is 65.7 Å². The van der Waals surface area contributed by atoms with Crippen LogP contribution < -0.4 is 9.47 Å². The number of hydrogen-bond donors (Lipinski definition) is 1. The molecule has 1 atom stereocenters. The smallest absolute Gasteiger partial charge is 0.169 e. The molecule has 0 radical (unpaired) electrons. The summed E-state index contributed by atoms with van der Waals surface area (Å²) in [7, 11) is 0. The number of morpholine rings is 2. The van der Waals surface area contributed by atoms with Gasteiger partial charge in [0.25, 0.3) is 0 Å². The fraction of sp³-hybridized carbons (Fsp3) is 0.375. The van der Waals surface area contributed by atoms with E-state index in [1.165, 1.54) is 0 Å². The van der Waals surface area contributed by atoms with Gasteiger partial charge in [0, 0.05) is 80.7 Å². The number of nitrogens with zero attached hydrogens (tertiary/aromatic N) is 8. The largest absolute Gasteiger partial charge is 0.486 e. The molecule has 2 saturated carbocycles. The summed E-state index contributed by atoms with van der Waals surface area (Å²) in [6.07, 6.45) is 15.3. The molecule has 2 aliphatic heterocycles. The van der Waals surface area contributed by atoms with Crippen LogP contribution in [0.5, 0.6) is 11.5 Å². The van der Waals surface area contributed by atoms with Gasteiger partial charge in [0.05, 0.1) is 49.4 Å². The Balaban J connectivity index is 0.000000153. The van der Waals surface area contributed by atoms with Crippen molar-refractivity contribution in [1.29, 1.82) is 0 Å². The summed E-state index contributed by atoms with van der Waals surface area (Å²) in [4.78, 5) is 14.1. The van der Waals surface area contributed by atoms with E-state index in [0.29, 0.717) is 0 Å². The molecule has 1 unspecified atom stereocenters. The van der Waals surface area contributed by atoms with Crippen LogP contribution in [0.25, 0.3) is 44.7 Å². The number of halogens is 1. The molecule has 0 bridgehead atoms. The van der Waals surface area contributed by atoms with Crippen molar-refractivity contribution in [3.05, 3.63) is 120 Å². The van der Waals surface area contributed by atoms with Gasteiger partial charge in [0.15, 0.2) is 11.3 Å². The molecule has 2 saturated heterocycles. The van der Waals surface area contributed by atoms with E-state index in [0.717, 1.165) is 158 Å². The molecular weight excluding hydrogens is 848 g/mol. The number of aliphatic hydroxyl groups excluding tert-OH is 1. The second kappa shape index (κ2) is 17.5. The number of hydrogen-bond acceptors (Lipinski definition) is 11. The lowest BCUT2D eigenvalue weighted by Gasteiger charge is -2.30. The third-order valence-corrected chi connectivity index (χ3v) is 12.8. The van der Waals surface area contributed by atoms with E-state index in [4.69, 9.17) is 23.9 Å². The van der Waals surface area contributed by atoms with E-state index in [9.17, 15) is 5.11 Å². The molecule has 62 heavy (non-hydrogen) atoms. The lowest BCUT2D eigenvalue weighted by molar-refractivity contribution is 0.0139. The Morgan fingerprint density at radius 3 is 1.65 bits per heavy atom. The van der Waals surface area contributed by atoms with Gasteiger partial charge in [0.2, 0.25) is 0 Å². The minimum atomic E-state index is -0.516. The first-order valence-electron chi connectivity index (χ1n) is 21.6. The lowest BCUT2D eigenvalue weighted by atomic mass is 10.0. The van der Waals surface area contributed by atoms with Gasteiger partial charge in [0.1, 0.15) is 22.7 Å². The van der Waals surface area contributed by atoms with Crippen molar-refractivity contribution in [3.8, 4) is 44.9 Å². The predicted octanol–water partition coefficient (Wildman–Crippen LogP) is 7.76. The quantitative estimate of drug-likeness (QED) is 0.130. The van der Waals surface area contributed by atoms with Gasteiger partial charge >= 0.3 is 0 Å². The van der Waals surface area contributed by atoms with E-state index in [-0.39, 0.29) is 11.2 Å². The Hall–Kier alpha value is -5.22. The monoisotopic (exact) mass is 898 g/mol. The third-order valence-electron chi connectivity index (χ3n) is 12.2. The first-order valence-corrected chi connectivity index (χ1v) is 22.4. The molecule has 4 fully saturated rings.